The number of β-lactam (4-membered cyclic amide) rings is 1. The highest BCUT2D eigenvalue weighted by molar-refractivity contribution is 8.01. The van der Waals surface area contributed by atoms with Gasteiger partial charge in [-0.1, -0.05) is 5.16 Å². The summed E-state index contributed by atoms with van der Waals surface area (Å²) in [5.74, 6) is -7.52. The fourth-order valence-electron chi connectivity index (χ4n) is 6.96. The van der Waals surface area contributed by atoms with Gasteiger partial charge in [-0.15, -0.1) is 35.7 Å². The van der Waals surface area contributed by atoms with Crippen molar-refractivity contribution >= 4 is 82.2 Å². The SMILES string of the molecule is Nc1nc(C(=NOC(CC(=O)O)C(=O)O)C(=O)NC2C(=O)N3C(C(=O)O)=C4C[N+]5(CCNC(=O)c6cc(O)c(O)cc6S)CCC(C5)C4SC23)cs1. The highest BCUT2D eigenvalue weighted by Crippen LogP contribution is 2.52. The molecule has 5 heterocycles. The van der Waals surface area contributed by atoms with Crippen LogP contribution in [0.1, 0.15) is 28.9 Å². The number of nitrogens with zero attached hydrogens (tertiary/aromatic N) is 4. The Morgan fingerprint density at radius 1 is 1.17 bits per heavy atom. The first-order valence-electron chi connectivity index (χ1n) is 15.6. The van der Waals surface area contributed by atoms with Crippen molar-refractivity contribution in [1.29, 1.82) is 0 Å². The summed E-state index contributed by atoms with van der Waals surface area (Å²) in [6.07, 6.45) is -2.16. The van der Waals surface area contributed by atoms with E-state index in [1.807, 2.05) is 0 Å². The van der Waals surface area contributed by atoms with Crippen LogP contribution in [0.25, 0.3) is 0 Å². The fraction of sp³-hybridized carbons (Fsp3) is 0.400. The van der Waals surface area contributed by atoms with E-state index in [-0.39, 0.29) is 44.7 Å². The first-order valence-corrected chi connectivity index (χ1v) is 17.9. The van der Waals surface area contributed by atoms with Gasteiger partial charge in [0, 0.05) is 33.4 Å². The Morgan fingerprint density at radius 3 is 2.56 bits per heavy atom. The Labute approximate surface area is 307 Å². The van der Waals surface area contributed by atoms with Gasteiger partial charge in [0.1, 0.15) is 29.4 Å². The average Bonchev–Trinajstić information content (AvgIpc) is 3.66. The number of rotatable bonds is 13. The van der Waals surface area contributed by atoms with Crippen LogP contribution in [0.2, 0.25) is 0 Å². The molecule has 2 bridgehead atoms. The van der Waals surface area contributed by atoms with E-state index in [4.69, 9.17) is 15.7 Å². The molecule has 3 amide bonds. The lowest BCUT2D eigenvalue weighted by atomic mass is 9.90. The molecule has 4 aliphatic heterocycles. The number of amides is 3. The van der Waals surface area contributed by atoms with Crippen LogP contribution in [0.5, 0.6) is 11.5 Å². The molecule has 22 heteroatoms. The van der Waals surface area contributed by atoms with Gasteiger partial charge in [-0.05, 0) is 12.1 Å². The van der Waals surface area contributed by atoms with Crippen molar-refractivity contribution in [3.05, 3.63) is 40.0 Å². The first-order chi connectivity index (χ1) is 24.6. The fourth-order valence-corrected chi connectivity index (χ4v) is 9.56. The number of aliphatic carboxylic acids is 3. The molecule has 3 saturated heterocycles. The van der Waals surface area contributed by atoms with Gasteiger partial charge in [-0.25, -0.2) is 14.6 Å². The van der Waals surface area contributed by atoms with E-state index >= 15 is 0 Å². The Bertz CT molecular complexity index is 1950. The molecule has 0 radical (unpaired) electrons. The third-order valence-corrected chi connectivity index (χ3v) is 12.1. The zero-order valence-corrected chi connectivity index (χ0v) is 29.3. The molecule has 6 unspecified atom stereocenters. The summed E-state index contributed by atoms with van der Waals surface area (Å²) in [4.78, 5) is 85.4. The Morgan fingerprint density at radius 2 is 1.90 bits per heavy atom. The van der Waals surface area contributed by atoms with Gasteiger partial charge in [0.2, 0.25) is 6.10 Å². The number of oxime groups is 1. The van der Waals surface area contributed by atoms with Crippen LogP contribution in [-0.4, -0.2) is 137 Å². The van der Waals surface area contributed by atoms with Crippen LogP contribution in [-0.2, 0) is 28.8 Å². The van der Waals surface area contributed by atoms with E-state index in [0.29, 0.717) is 36.2 Å². The zero-order chi connectivity index (χ0) is 37.6. The van der Waals surface area contributed by atoms with E-state index in [1.165, 1.54) is 17.1 Å². The number of nitrogens with one attached hydrogen (secondary N) is 2. The number of fused-ring (bicyclic) bond motifs is 5. The third-order valence-electron chi connectivity index (χ3n) is 9.33. The van der Waals surface area contributed by atoms with Gasteiger partial charge in [0.15, 0.2) is 22.3 Å². The summed E-state index contributed by atoms with van der Waals surface area (Å²) in [6.45, 7) is 2.37. The lowest BCUT2D eigenvalue weighted by Crippen LogP contribution is -2.72. The van der Waals surface area contributed by atoms with Gasteiger partial charge < -0.3 is 51.2 Å². The van der Waals surface area contributed by atoms with Gasteiger partial charge in [-0.2, -0.15) is 0 Å². The van der Waals surface area contributed by atoms with Gasteiger partial charge in [0.25, 0.3) is 17.7 Å². The quantitative estimate of drug-likeness (QED) is 0.0308. The van der Waals surface area contributed by atoms with E-state index in [1.54, 1.807) is 0 Å². The molecule has 0 spiro atoms. The van der Waals surface area contributed by atoms with E-state index in [2.05, 4.69) is 33.4 Å². The number of aromatic nitrogens is 1. The van der Waals surface area contributed by atoms with Crippen molar-refractivity contribution in [2.24, 2.45) is 11.1 Å². The highest BCUT2D eigenvalue weighted by Gasteiger charge is 2.61. The van der Waals surface area contributed by atoms with Crippen molar-refractivity contribution in [1.82, 2.24) is 20.5 Å². The zero-order valence-electron chi connectivity index (χ0n) is 26.8. The van der Waals surface area contributed by atoms with Crippen molar-refractivity contribution in [3.63, 3.8) is 0 Å². The molecule has 3 fully saturated rings. The summed E-state index contributed by atoms with van der Waals surface area (Å²) in [6, 6.07) is 1.08. The summed E-state index contributed by atoms with van der Waals surface area (Å²) >= 11 is 6.49. The Balaban J connectivity index is 1.18. The number of nitrogens with two attached hydrogens (primary N) is 1. The predicted octanol–water partition coefficient (Wildman–Crippen LogP) is -0.539. The monoisotopic (exact) mass is 778 g/mol. The second kappa shape index (κ2) is 14.2. The second-order valence-corrected chi connectivity index (χ2v) is 15.3. The molecule has 19 nitrogen and oxygen atoms in total. The summed E-state index contributed by atoms with van der Waals surface area (Å²) in [7, 11) is 0. The molecule has 6 rings (SSSR count). The lowest BCUT2D eigenvalue weighted by molar-refractivity contribution is -0.914. The van der Waals surface area contributed by atoms with Gasteiger partial charge >= 0.3 is 17.9 Å². The Hall–Kier alpha value is -5.06. The van der Waals surface area contributed by atoms with Crippen molar-refractivity contribution < 1.29 is 63.6 Å². The highest BCUT2D eigenvalue weighted by atomic mass is 32.2. The van der Waals surface area contributed by atoms with E-state index in [9.17, 15) is 49.2 Å². The van der Waals surface area contributed by atoms with Crippen molar-refractivity contribution in [3.8, 4) is 11.5 Å². The van der Waals surface area contributed by atoms with E-state index < -0.39 is 76.8 Å². The third kappa shape index (κ3) is 6.92. The Kier molecular flexibility index (Phi) is 10.0. The summed E-state index contributed by atoms with van der Waals surface area (Å²) in [5, 5.41) is 57.4. The molecule has 0 saturated carbocycles. The average molecular weight is 779 g/mol. The molecule has 2 aromatic rings. The van der Waals surface area contributed by atoms with Crippen LogP contribution in [0.3, 0.4) is 0 Å². The van der Waals surface area contributed by atoms with Crippen molar-refractivity contribution in [2.45, 2.75) is 40.5 Å². The summed E-state index contributed by atoms with van der Waals surface area (Å²) in [5.41, 5.74) is 5.51. The second-order valence-electron chi connectivity index (χ2n) is 12.6. The van der Waals surface area contributed by atoms with Crippen molar-refractivity contribution in [2.75, 3.05) is 38.5 Å². The molecule has 9 N–H and O–H groups in total. The van der Waals surface area contributed by atoms with Crippen LogP contribution in [0.15, 0.2) is 38.8 Å². The maximum absolute atomic E-state index is 13.5. The van der Waals surface area contributed by atoms with Crippen LogP contribution in [0, 0.1) is 5.92 Å². The number of nitrogen functional groups attached to an aromatic ring is 1. The van der Waals surface area contributed by atoms with E-state index in [0.717, 1.165) is 34.8 Å². The number of benzene rings is 1. The number of carboxylic acid groups (broad SMARTS) is 3. The number of thioether (sulfide) groups is 1. The molecule has 1 aromatic carbocycles. The molecule has 4 aliphatic rings. The normalized spacial score (nSPS) is 25.4. The maximum Gasteiger partial charge on any atom is 0.352 e. The lowest BCUT2D eigenvalue weighted by Gasteiger charge is -2.54. The van der Waals surface area contributed by atoms with Crippen LogP contribution < -0.4 is 16.4 Å². The number of thiol groups is 1. The van der Waals surface area contributed by atoms with Crippen LogP contribution in [0.4, 0.5) is 5.13 Å². The number of carbonyl (C=O) groups excluding carboxylic acids is 3. The molecule has 276 valence electrons. The maximum atomic E-state index is 13.5. The molecule has 0 aliphatic carbocycles. The number of piperidine rings is 1. The molecule has 6 atom stereocenters. The number of hydrogen-bond donors (Lipinski definition) is 9. The smallest absolute Gasteiger partial charge is 0.352 e. The first kappa shape index (κ1) is 36.7. The number of anilines is 1. The van der Waals surface area contributed by atoms with Crippen LogP contribution >= 0.6 is 35.7 Å². The number of phenolic OH excluding ortho intramolecular Hbond substituents is 2. The standard InChI is InChI=1S/C30H31N7O12S3/c31-30-33-14(10-51-30)20(35-49-17(28(45)46)7-19(40)41)25(43)34-21-26(44)36-22(29(47)48)13-9-37(3-1-11(8-37)23(13)52-27(21)36)4-2-32-24(42)12-5-15(38)16(39)6-18(12)50/h5-6,10-11,17,21,23,27H,1-4,7-9H2,(H9-,31,32,33,34,35,38,39,40,41,42,43,45,46,47,48,50)/p+1. The number of quaternary nitrogens is 1. The number of aromatic hydroxyl groups is 2. The number of carbonyl (C=O) groups is 6. The minimum Gasteiger partial charge on any atom is -0.504 e. The molecular weight excluding hydrogens is 747 g/mol. The molecular formula is C30H32N7O12S3+. The van der Waals surface area contributed by atoms with Gasteiger partial charge in [-0.3, -0.25) is 24.1 Å². The number of hydrogen-bond acceptors (Lipinski definition) is 15. The predicted molar refractivity (Wildman–Crippen MR) is 184 cm³/mol. The number of carboxylic acids is 3. The molecule has 1 aromatic heterocycles. The summed E-state index contributed by atoms with van der Waals surface area (Å²) < 4.78 is 0.478. The largest absolute Gasteiger partial charge is 0.504 e. The minimum absolute atomic E-state index is 0.0248. The van der Waals surface area contributed by atoms with Gasteiger partial charge in [0.05, 0.1) is 38.2 Å². The number of thiazole rings is 1. The topological polar surface area (TPSA) is 291 Å². The number of phenols is 2. The molecule has 52 heavy (non-hydrogen) atoms. The minimum atomic E-state index is -1.94.